The van der Waals surface area contributed by atoms with Crippen LogP contribution >= 0.6 is 23.5 Å². The number of para-hydroxylation sites is 2. The lowest BCUT2D eigenvalue weighted by Crippen LogP contribution is -2.42. The van der Waals surface area contributed by atoms with Gasteiger partial charge in [0.15, 0.2) is 0 Å². The number of fused-ring (bicyclic) bond motifs is 2. The lowest BCUT2D eigenvalue weighted by Gasteiger charge is -2.33. The number of ether oxygens (including phenoxy) is 1. The molecule has 24 nitrogen and oxygen atoms in total. The van der Waals surface area contributed by atoms with Crippen LogP contribution in [0.2, 0.25) is 0 Å². The molecule has 27 heteroatoms. The summed E-state index contributed by atoms with van der Waals surface area (Å²) >= 11 is 0. The molecule has 0 bridgehead atoms. The minimum Gasteiger partial charge on any atom is -0.756 e. The number of benzene rings is 5. The number of aromatic amines is 1. The Hall–Kier alpha value is -6.98. The number of carbonyl (C=O) groups is 2. The number of hydrogen-bond donors (Lipinski definition) is 5. The number of amides is 2. The summed E-state index contributed by atoms with van der Waals surface area (Å²) in [6.07, 6.45) is -0.384. The van der Waals surface area contributed by atoms with E-state index in [0.717, 1.165) is 84.3 Å². The molecule has 4 aromatic carbocycles. The molecular weight excluding hydrogens is 1110 g/mol. The number of hydrogen-bond acceptors (Lipinski definition) is 18. The van der Waals surface area contributed by atoms with Crippen LogP contribution in [0.3, 0.4) is 0 Å². The Bertz CT molecular complexity index is 3790. The first-order valence-corrected chi connectivity index (χ1v) is 29.9. The van der Waals surface area contributed by atoms with E-state index in [2.05, 4.69) is 117 Å². The summed E-state index contributed by atoms with van der Waals surface area (Å²) < 4.78 is 60.6. The largest absolute Gasteiger partial charge is 0.756 e. The number of phosphoric acid groups is 3. The number of likely N-dealkylation sites (tertiary alicyclic amines) is 1. The monoisotopic (exact) mass is 1170 g/mol. The van der Waals surface area contributed by atoms with Crippen LogP contribution in [0.25, 0.3) is 39.5 Å². The number of aliphatic hydroxyl groups is 1. The van der Waals surface area contributed by atoms with E-state index < -0.39 is 65.7 Å². The van der Waals surface area contributed by atoms with Crippen molar-refractivity contribution in [3.05, 3.63) is 171 Å². The van der Waals surface area contributed by atoms with Crippen LogP contribution in [0.15, 0.2) is 148 Å². The summed E-state index contributed by atoms with van der Waals surface area (Å²) in [5.74, 6) is -0.288. The van der Waals surface area contributed by atoms with Crippen molar-refractivity contribution in [2.24, 2.45) is 5.92 Å². The molecule has 3 aliphatic heterocycles. The number of phosphoric ester groups is 1. The van der Waals surface area contributed by atoms with Gasteiger partial charge >= 0.3 is 5.69 Å². The SMILES string of the molecule is CN(c1ccccc1)c1ccc2c(-c3ccccc3CN3CCC(C(=O)NCCNC(=O)/C=C/c4cn([C@H]5CC(O)[C@@H](COP(=O)([O-])OP(=O)([O-])OP(=O)([O-])O)O5)c(=O)[nH]c4=O)CC3)c3ccc(=[N+](C)c4ccccc4)cc-3oc2c1. The lowest BCUT2D eigenvalue weighted by atomic mass is 9.90. The molecule has 1 aromatic heterocycles. The maximum atomic E-state index is 13.4. The molecule has 0 saturated carbocycles. The van der Waals surface area contributed by atoms with Crippen LogP contribution in [0.5, 0.6) is 0 Å². The number of rotatable bonds is 20. The number of carbonyl (C=O) groups excluding carboxylic acids is 2. The van der Waals surface area contributed by atoms with E-state index in [1.807, 2.05) is 61.5 Å². The van der Waals surface area contributed by atoms with Gasteiger partial charge in [-0.25, -0.2) is 13.4 Å². The zero-order valence-electron chi connectivity index (χ0n) is 43.6. The lowest BCUT2D eigenvalue weighted by molar-refractivity contribution is -0.250. The molecule has 81 heavy (non-hydrogen) atoms. The van der Waals surface area contributed by atoms with Gasteiger partial charge in [-0.05, 0) is 73.5 Å². The van der Waals surface area contributed by atoms with Gasteiger partial charge in [-0.15, -0.1) is 0 Å². The van der Waals surface area contributed by atoms with Gasteiger partial charge < -0.3 is 53.9 Å². The molecule has 9 rings (SSSR count). The zero-order chi connectivity index (χ0) is 57.6. The molecule has 5 N–H and O–H groups in total. The number of aliphatic hydroxyl groups excluding tert-OH is 1. The summed E-state index contributed by atoms with van der Waals surface area (Å²) in [6, 6.07) is 41.4. The highest BCUT2D eigenvalue weighted by Crippen LogP contribution is 2.61. The first kappa shape index (κ1) is 58.7. The fourth-order valence-electron chi connectivity index (χ4n) is 9.73. The number of H-pyrrole nitrogens is 1. The molecule has 4 unspecified atom stereocenters. The molecule has 5 aromatic rings. The quantitative estimate of drug-likeness (QED) is 0.0238. The molecule has 2 amide bonds. The van der Waals surface area contributed by atoms with Crippen molar-refractivity contribution in [3.8, 4) is 22.5 Å². The predicted molar refractivity (Wildman–Crippen MR) is 292 cm³/mol. The standard InChI is InChI=1S/C54H58N7O17P3/c1-58(38-12-5-3-6-13-38)40-18-20-43-46(29-40)75-47-30-41(59(2)39-14-7-4-8-15-39)19-21-44(47)51(43)42-16-10-9-11-36(42)32-60-27-23-35(24-28-60)52(64)56-26-25-55-49(63)22-17-37-33-61(54(66)57-53(37)65)50-31-45(62)48(76-50)34-74-80(70,71)78-81(72,73)77-79(67,68)69/h3-22,29-30,33,35,45,48,50,62H,23-28,31-32,34H2,1-2H3,(H6-,55,56,57,63,64,65,66,67,68,69,70,71,72,73)/p-2/b22-17+/t45?,48-,50-/m1/s1. The summed E-state index contributed by atoms with van der Waals surface area (Å²) in [5, 5.41) is 17.9. The fraction of sp³-hybridized carbons (Fsp3) is 0.278. The van der Waals surface area contributed by atoms with E-state index in [1.54, 1.807) is 0 Å². The van der Waals surface area contributed by atoms with Crippen molar-refractivity contribution in [2.75, 3.05) is 51.8 Å². The van der Waals surface area contributed by atoms with E-state index in [4.69, 9.17) is 14.0 Å². The van der Waals surface area contributed by atoms with Gasteiger partial charge in [0.1, 0.15) is 30.7 Å². The van der Waals surface area contributed by atoms with Crippen molar-refractivity contribution in [3.63, 3.8) is 0 Å². The average Bonchev–Trinajstić information content (AvgIpc) is 3.97. The van der Waals surface area contributed by atoms with Crippen LogP contribution < -0.4 is 51.4 Å². The first-order chi connectivity index (χ1) is 38.6. The van der Waals surface area contributed by atoms with Gasteiger partial charge in [-0.3, -0.25) is 42.5 Å². The van der Waals surface area contributed by atoms with Gasteiger partial charge in [0, 0.05) is 103 Å². The third-order valence-electron chi connectivity index (χ3n) is 13.8. The van der Waals surface area contributed by atoms with Crippen LogP contribution in [-0.4, -0.2) is 95.4 Å². The topological polar surface area (TPSA) is 333 Å². The van der Waals surface area contributed by atoms with Crippen molar-refractivity contribution in [1.29, 1.82) is 0 Å². The smallest absolute Gasteiger partial charge is 0.330 e. The van der Waals surface area contributed by atoms with Gasteiger partial charge in [-0.1, -0.05) is 60.7 Å². The van der Waals surface area contributed by atoms with E-state index in [-0.39, 0.29) is 36.9 Å². The van der Waals surface area contributed by atoms with E-state index >= 15 is 0 Å². The number of anilines is 2. The second-order valence-corrected chi connectivity index (χ2v) is 23.5. The molecule has 4 aliphatic rings. The second-order valence-electron chi connectivity index (χ2n) is 19.3. The minimum absolute atomic E-state index is 0.0471. The average molecular weight is 1170 g/mol. The number of nitrogens with one attached hydrogen (secondary N) is 3. The van der Waals surface area contributed by atoms with Gasteiger partial charge in [-0.2, -0.15) is 4.58 Å². The Balaban J connectivity index is 0.795. The summed E-state index contributed by atoms with van der Waals surface area (Å²) in [5.41, 5.74) is 5.96. The molecule has 1 aliphatic carbocycles. The number of nitrogens with zero attached hydrogens (tertiary/aromatic N) is 4. The van der Waals surface area contributed by atoms with E-state index in [9.17, 15) is 52.7 Å². The summed E-state index contributed by atoms with van der Waals surface area (Å²) in [4.78, 5) is 101. The molecular formula is C54H56N7O17P3-2. The highest BCUT2D eigenvalue weighted by Gasteiger charge is 2.37. The molecule has 2 fully saturated rings. The van der Waals surface area contributed by atoms with Gasteiger partial charge in [0.05, 0.1) is 24.3 Å². The highest BCUT2D eigenvalue weighted by atomic mass is 31.3. The Morgan fingerprint density at radius 1 is 0.852 bits per heavy atom. The Morgan fingerprint density at radius 2 is 1.54 bits per heavy atom. The van der Waals surface area contributed by atoms with Crippen molar-refractivity contribution < 1.29 is 70.3 Å². The molecule has 0 radical (unpaired) electrons. The van der Waals surface area contributed by atoms with Crippen LogP contribution in [0, 0.1) is 5.92 Å². The molecule has 0 spiro atoms. The predicted octanol–water partition coefficient (Wildman–Crippen LogP) is 3.81. The van der Waals surface area contributed by atoms with Gasteiger partial charge in [0.25, 0.3) is 29.0 Å². The van der Waals surface area contributed by atoms with E-state index in [1.165, 1.54) is 0 Å². The van der Waals surface area contributed by atoms with Crippen LogP contribution in [0.1, 0.15) is 36.6 Å². The molecule has 2 saturated heterocycles. The molecule has 426 valence electrons. The van der Waals surface area contributed by atoms with Crippen LogP contribution in [-0.2, 0) is 47.7 Å². The Kier molecular flexibility index (Phi) is 18.1. The summed E-state index contributed by atoms with van der Waals surface area (Å²) in [6.45, 7) is 1.07. The molecule has 6 atom stereocenters. The molecule has 4 heterocycles. The van der Waals surface area contributed by atoms with Crippen molar-refractivity contribution >= 4 is 69.4 Å². The Morgan fingerprint density at radius 3 is 2.27 bits per heavy atom. The minimum atomic E-state index is -6.18. The van der Waals surface area contributed by atoms with Crippen molar-refractivity contribution in [1.82, 2.24) is 29.7 Å². The van der Waals surface area contributed by atoms with Gasteiger partial charge in [0.2, 0.25) is 22.9 Å². The fourth-order valence-corrected chi connectivity index (χ4v) is 12.6. The third-order valence-corrected chi connectivity index (χ3v) is 17.5. The Labute approximate surface area is 463 Å². The van der Waals surface area contributed by atoms with Crippen LogP contribution in [0.4, 0.5) is 17.1 Å². The number of piperidine rings is 1. The second kappa shape index (κ2) is 25.0. The maximum absolute atomic E-state index is 13.4. The van der Waals surface area contributed by atoms with E-state index in [0.29, 0.717) is 32.5 Å². The zero-order valence-corrected chi connectivity index (χ0v) is 46.3. The maximum Gasteiger partial charge on any atom is 0.330 e. The third kappa shape index (κ3) is 14.7. The highest BCUT2D eigenvalue weighted by molar-refractivity contribution is 7.65. The number of aromatic nitrogens is 2. The first-order valence-electron chi connectivity index (χ1n) is 25.5. The van der Waals surface area contributed by atoms with Crippen molar-refractivity contribution in [2.45, 2.75) is 44.2 Å². The normalized spacial score (nSPS) is 19.7. The summed E-state index contributed by atoms with van der Waals surface area (Å²) in [7, 11) is -14.0.